The molecule has 1 unspecified atom stereocenters. The molecular weight excluding hydrogens is 302 g/mol. The van der Waals surface area contributed by atoms with Gasteiger partial charge in [0.25, 0.3) is 0 Å². The van der Waals surface area contributed by atoms with E-state index in [0.717, 1.165) is 19.4 Å². The second-order valence-electron chi connectivity index (χ2n) is 7.23. The summed E-state index contributed by atoms with van der Waals surface area (Å²) in [7, 11) is 0. The second-order valence-corrected chi connectivity index (χ2v) is 8.52. The third-order valence-electron chi connectivity index (χ3n) is 3.80. The number of halogens is 1. The molecule has 19 heavy (non-hydrogen) atoms. The molecule has 0 bridgehead atoms. The van der Waals surface area contributed by atoms with Gasteiger partial charge in [0, 0.05) is 17.8 Å². The highest BCUT2D eigenvalue weighted by molar-refractivity contribution is 9.09. The smallest absolute Gasteiger partial charge is 0.220 e. The van der Waals surface area contributed by atoms with Crippen molar-refractivity contribution < 1.29 is 4.79 Å². The van der Waals surface area contributed by atoms with Crippen LogP contribution >= 0.6 is 15.9 Å². The lowest BCUT2D eigenvalue weighted by Crippen LogP contribution is -2.32. The number of carbonyl (C=O) groups excluding carboxylic acids is 1. The molecule has 0 aromatic heterocycles. The lowest BCUT2D eigenvalue weighted by Gasteiger charge is -2.22. The normalized spacial score (nSPS) is 19.8. The van der Waals surface area contributed by atoms with E-state index in [2.05, 4.69) is 42.0 Å². The summed E-state index contributed by atoms with van der Waals surface area (Å²) >= 11 is 3.67. The highest BCUT2D eigenvalue weighted by atomic mass is 79.9. The van der Waals surface area contributed by atoms with Gasteiger partial charge in [0.05, 0.1) is 0 Å². The van der Waals surface area contributed by atoms with Crippen molar-refractivity contribution in [1.29, 1.82) is 0 Å². The fourth-order valence-corrected chi connectivity index (χ4v) is 4.00. The Hall–Kier alpha value is -0.0500. The summed E-state index contributed by atoms with van der Waals surface area (Å²) in [6.45, 7) is 7.45. The van der Waals surface area contributed by atoms with E-state index in [1.807, 2.05) is 0 Å². The molecule has 1 fully saturated rings. The Morgan fingerprint density at radius 3 is 2.32 bits per heavy atom. The van der Waals surface area contributed by atoms with Crippen molar-refractivity contribution in [3.05, 3.63) is 0 Å². The van der Waals surface area contributed by atoms with E-state index in [9.17, 15) is 4.79 Å². The van der Waals surface area contributed by atoms with Crippen LogP contribution in [0, 0.1) is 11.3 Å². The van der Waals surface area contributed by atoms with Crippen molar-refractivity contribution in [2.24, 2.45) is 11.3 Å². The monoisotopic (exact) mass is 331 g/mol. The van der Waals surface area contributed by atoms with Gasteiger partial charge < -0.3 is 5.32 Å². The summed E-state index contributed by atoms with van der Waals surface area (Å²) in [5.41, 5.74) is 0.306. The van der Waals surface area contributed by atoms with Gasteiger partial charge in [0.15, 0.2) is 0 Å². The van der Waals surface area contributed by atoms with E-state index in [0.29, 0.717) is 16.2 Å². The van der Waals surface area contributed by atoms with E-state index in [1.165, 1.54) is 38.5 Å². The van der Waals surface area contributed by atoms with Gasteiger partial charge in [-0.3, -0.25) is 4.79 Å². The van der Waals surface area contributed by atoms with Crippen LogP contribution in [0.1, 0.15) is 72.1 Å². The van der Waals surface area contributed by atoms with Crippen LogP contribution in [-0.4, -0.2) is 17.3 Å². The average molecular weight is 332 g/mol. The standard InChI is InChI=1S/C16H30BrNO/c1-16(2,3)11-14(17)12-18-15(19)10-13-8-6-4-5-7-9-13/h13-14H,4-12H2,1-3H3,(H,18,19). The SMILES string of the molecule is CC(C)(C)CC(Br)CNC(=O)CC1CCCCCC1. The minimum Gasteiger partial charge on any atom is -0.355 e. The molecule has 0 saturated heterocycles. The number of hydrogen-bond acceptors (Lipinski definition) is 1. The maximum Gasteiger partial charge on any atom is 0.220 e. The van der Waals surface area contributed by atoms with E-state index in [-0.39, 0.29) is 5.91 Å². The predicted octanol–water partition coefficient (Wildman–Crippen LogP) is 4.66. The molecule has 2 nitrogen and oxygen atoms in total. The lowest BCUT2D eigenvalue weighted by atomic mass is 9.90. The highest BCUT2D eigenvalue weighted by Crippen LogP contribution is 2.26. The zero-order valence-electron chi connectivity index (χ0n) is 12.8. The predicted molar refractivity (Wildman–Crippen MR) is 85.6 cm³/mol. The van der Waals surface area contributed by atoms with Gasteiger partial charge in [-0.25, -0.2) is 0 Å². The van der Waals surface area contributed by atoms with E-state index >= 15 is 0 Å². The lowest BCUT2D eigenvalue weighted by molar-refractivity contribution is -0.122. The van der Waals surface area contributed by atoms with Crippen LogP contribution in [-0.2, 0) is 4.79 Å². The Kier molecular flexibility index (Phi) is 7.41. The molecule has 0 radical (unpaired) electrons. The van der Waals surface area contributed by atoms with Crippen molar-refractivity contribution in [2.45, 2.75) is 77.0 Å². The Labute approximate surface area is 127 Å². The first-order valence-electron chi connectivity index (χ1n) is 7.77. The fourth-order valence-electron chi connectivity index (χ4n) is 2.86. The minimum atomic E-state index is 0.241. The van der Waals surface area contributed by atoms with Crippen LogP contribution in [0.3, 0.4) is 0 Å². The van der Waals surface area contributed by atoms with Crippen molar-refractivity contribution in [3.63, 3.8) is 0 Å². The summed E-state index contributed by atoms with van der Waals surface area (Å²) in [5, 5.41) is 3.09. The Balaban J connectivity index is 2.19. The molecule has 0 aromatic rings. The number of alkyl halides is 1. The average Bonchev–Trinajstić information content (AvgIpc) is 2.53. The molecule has 1 amide bonds. The zero-order chi connectivity index (χ0) is 14.3. The molecule has 1 N–H and O–H groups in total. The molecule has 0 aliphatic heterocycles. The van der Waals surface area contributed by atoms with Crippen molar-refractivity contribution >= 4 is 21.8 Å². The summed E-state index contributed by atoms with van der Waals surface area (Å²) in [6.07, 6.45) is 9.62. The van der Waals surface area contributed by atoms with Crippen LogP contribution in [0.2, 0.25) is 0 Å². The first-order chi connectivity index (χ1) is 8.87. The third kappa shape index (κ3) is 8.67. The van der Waals surface area contributed by atoms with Gasteiger partial charge in [0.2, 0.25) is 5.91 Å². The minimum absolute atomic E-state index is 0.241. The zero-order valence-corrected chi connectivity index (χ0v) is 14.4. The molecule has 1 rings (SSSR count). The van der Waals surface area contributed by atoms with Gasteiger partial charge in [-0.15, -0.1) is 0 Å². The Bertz CT molecular complexity index is 264. The van der Waals surface area contributed by atoms with Gasteiger partial charge in [0.1, 0.15) is 0 Å². The second kappa shape index (κ2) is 8.28. The molecule has 1 saturated carbocycles. The molecule has 3 heteroatoms. The van der Waals surface area contributed by atoms with Crippen molar-refractivity contribution in [3.8, 4) is 0 Å². The quantitative estimate of drug-likeness (QED) is 0.576. The first-order valence-corrected chi connectivity index (χ1v) is 8.69. The molecular formula is C16H30BrNO. The fraction of sp³-hybridized carbons (Fsp3) is 0.938. The number of nitrogens with one attached hydrogen (secondary N) is 1. The van der Waals surface area contributed by atoms with E-state index in [1.54, 1.807) is 0 Å². The summed E-state index contributed by atoms with van der Waals surface area (Å²) < 4.78 is 0. The topological polar surface area (TPSA) is 29.1 Å². The molecule has 1 atom stereocenters. The maximum atomic E-state index is 12.0. The van der Waals surface area contributed by atoms with Crippen LogP contribution in [0.4, 0.5) is 0 Å². The summed E-state index contributed by atoms with van der Waals surface area (Å²) in [4.78, 5) is 12.3. The van der Waals surface area contributed by atoms with Crippen molar-refractivity contribution in [1.82, 2.24) is 5.32 Å². The number of rotatable bonds is 5. The first kappa shape index (κ1) is 17.0. The molecule has 1 aliphatic rings. The van der Waals surface area contributed by atoms with Crippen LogP contribution in [0.15, 0.2) is 0 Å². The van der Waals surface area contributed by atoms with E-state index in [4.69, 9.17) is 0 Å². The Morgan fingerprint density at radius 2 is 1.79 bits per heavy atom. The molecule has 0 heterocycles. The van der Waals surface area contributed by atoms with Gasteiger partial charge >= 0.3 is 0 Å². The summed E-state index contributed by atoms with van der Waals surface area (Å²) in [6, 6.07) is 0. The van der Waals surface area contributed by atoms with Crippen molar-refractivity contribution in [2.75, 3.05) is 6.54 Å². The number of carbonyl (C=O) groups is 1. The largest absolute Gasteiger partial charge is 0.355 e. The van der Waals surface area contributed by atoms with Crippen LogP contribution < -0.4 is 5.32 Å². The van der Waals surface area contributed by atoms with Crippen LogP contribution in [0.5, 0.6) is 0 Å². The molecule has 112 valence electrons. The van der Waals surface area contributed by atoms with Gasteiger partial charge in [-0.1, -0.05) is 62.4 Å². The highest BCUT2D eigenvalue weighted by Gasteiger charge is 2.19. The Morgan fingerprint density at radius 1 is 1.21 bits per heavy atom. The molecule has 0 aromatic carbocycles. The third-order valence-corrected chi connectivity index (χ3v) is 4.45. The molecule has 0 spiro atoms. The number of hydrogen-bond donors (Lipinski definition) is 1. The molecule has 1 aliphatic carbocycles. The van der Waals surface area contributed by atoms with Gasteiger partial charge in [-0.2, -0.15) is 0 Å². The van der Waals surface area contributed by atoms with Gasteiger partial charge in [-0.05, 0) is 30.6 Å². The maximum absolute atomic E-state index is 12.0. The van der Waals surface area contributed by atoms with Crippen LogP contribution in [0.25, 0.3) is 0 Å². The summed E-state index contributed by atoms with van der Waals surface area (Å²) in [5.74, 6) is 0.865. The number of amides is 1. The van der Waals surface area contributed by atoms with E-state index < -0.39 is 0 Å².